The Morgan fingerprint density at radius 3 is 1.94 bits per heavy atom. The van der Waals surface area contributed by atoms with E-state index in [9.17, 15) is 0 Å². The van der Waals surface area contributed by atoms with Crippen molar-refractivity contribution < 1.29 is 0 Å². The maximum absolute atomic E-state index is 4.00. The van der Waals surface area contributed by atoms with Crippen molar-refractivity contribution in [3.63, 3.8) is 0 Å². The largest absolute Gasteiger partial charge is 0.382 e. The van der Waals surface area contributed by atoms with Crippen LogP contribution >= 0.6 is 0 Å². The van der Waals surface area contributed by atoms with E-state index in [0.717, 1.165) is 13.0 Å². The van der Waals surface area contributed by atoms with E-state index >= 15 is 0 Å². The Labute approximate surface area is 222 Å². The van der Waals surface area contributed by atoms with Gasteiger partial charge in [-0.2, -0.15) is 0 Å². The van der Waals surface area contributed by atoms with Gasteiger partial charge in [-0.1, -0.05) is 107 Å². The lowest BCUT2D eigenvalue weighted by molar-refractivity contribution is 0.506. The van der Waals surface area contributed by atoms with Gasteiger partial charge in [-0.05, 0) is 67.5 Å². The highest BCUT2D eigenvalue weighted by Crippen LogP contribution is 2.28. The van der Waals surface area contributed by atoms with Crippen LogP contribution in [0.5, 0.6) is 0 Å². The highest BCUT2D eigenvalue weighted by atomic mass is 14.9. The molecule has 1 unspecified atom stereocenters. The summed E-state index contributed by atoms with van der Waals surface area (Å²) in [6, 6.07) is 28.0. The number of allylic oxidation sites excluding steroid dienone is 1. The van der Waals surface area contributed by atoms with Gasteiger partial charge in [0.15, 0.2) is 0 Å². The Bertz CT molecular complexity index is 982. The summed E-state index contributed by atoms with van der Waals surface area (Å²) in [7, 11) is 0. The smallest absolute Gasteiger partial charge is 0.0485 e. The highest BCUT2D eigenvalue weighted by molar-refractivity contribution is 5.52. The number of hydrogen-bond acceptors (Lipinski definition) is 2. The monoisotopic (exact) mass is 484 g/mol. The van der Waals surface area contributed by atoms with Crippen molar-refractivity contribution in [1.82, 2.24) is 0 Å². The summed E-state index contributed by atoms with van der Waals surface area (Å²) in [6.07, 6.45) is 13.3. The maximum Gasteiger partial charge on any atom is 0.0485 e. The van der Waals surface area contributed by atoms with Crippen molar-refractivity contribution in [3.05, 3.63) is 108 Å². The first-order chi connectivity index (χ1) is 17.4. The number of hydrogen-bond donors (Lipinski definition) is 2. The van der Waals surface area contributed by atoms with E-state index in [1.807, 2.05) is 45.0 Å². The van der Waals surface area contributed by atoms with Crippen LogP contribution in [-0.2, 0) is 5.41 Å². The topological polar surface area (TPSA) is 24.1 Å². The predicted molar refractivity (Wildman–Crippen MR) is 164 cm³/mol. The summed E-state index contributed by atoms with van der Waals surface area (Å²) < 4.78 is 0. The van der Waals surface area contributed by atoms with Crippen molar-refractivity contribution in [2.45, 2.75) is 73.3 Å². The van der Waals surface area contributed by atoms with Crippen LogP contribution in [0, 0.1) is 19.8 Å². The molecule has 0 amide bonds. The Morgan fingerprint density at radius 1 is 0.861 bits per heavy atom. The summed E-state index contributed by atoms with van der Waals surface area (Å²) in [5.74, 6) is 0. The lowest BCUT2D eigenvalue weighted by Gasteiger charge is -2.24. The lowest BCUT2D eigenvalue weighted by atomic mass is 9.82. The number of benzene rings is 3. The highest BCUT2D eigenvalue weighted by Gasteiger charge is 2.18. The Balaban J connectivity index is 0.000000688. The van der Waals surface area contributed by atoms with Crippen LogP contribution in [0.2, 0.25) is 0 Å². The van der Waals surface area contributed by atoms with E-state index in [1.54, 1.807) is 0 Å². The number of para-hydroxylation sites is 2. The van der Waals surface area contributed by atoms with E-state index in [0.29, 0.717) is 6.04 Å². The standard InChI is InChI=1S/C20H27N.C10H13N.C2H6.C2H2/c1-6-20(4,5)18-13-11-17(12-14-18)16(3)21-19-10-8-7-9-15(19)2;1-2-3-9-11-10-7-5-4-6-8-10;2*1-2/h7-14,16,21H,6H2,1-5H3;2-8,11H,9H2,1H3;1-2H3;1-2H/b;3-2-;;. The fraction of sp³-hybridized carbons (Fsp3) is 0.353. The quantitative estimate of drug-likeness (QED) is 0.245. The van der Waals surface area contributed by atoms with Gasteiger partial charge in [0.2, 0.25) is 0 Å². The van der Waals surface area contributed by atoms with Gasteiger partial charge >= 0.3 is 0 Å². The fourth-order valence-electron chi connectivity index (χ4n) is 3.33. The zero-order valence-electron chi connectivity index (χ0n) is 23.8. The molecule has 1 atom stereocenters. The molecule has 0 aliphatic carbocycles. The Morgan fingerprint density at radius 2 is 1.42 bits per heavy atom. The molecule has 0 saturated carbocycles. The second kappa shape index (κ2) is 18.8. The van der Waals surface area contributed by atoms with Crippen LogP contribution < -0.4 is 10.6 Å². The molecule has 36 heavy (non-hydrogen) atoms. The molecule has 0 aliphatic rings. The van der Waals surface area contributed by atoms with Gasteiger partial charge in [-0.15, -0.1) is 12.8 Å². The van der Waals surface area contributed by atoms with Gasteiger partial charge < -0.3 is 10.6 Å². The number of anilines is 2. The third kappa shape index (κ3) is 11.8. The summed E-state index contributed by atoms with van der Waals surface area (Å²) in [5.41, 5.74) is 6.66. The first-order valence-electron chi connectivity index (χ1n) is 13.0. The van der Waals surface area contributed by atoms with E-state index < -0.39 is 0 Å². The Kier molecular flexibility index (Phi) is 17.0. The first kappa shape index (κ1) is 32.6. The number of nitrogens with one attached hydrogen (secondary N) is 2. The molecule has 0 fully saturated rings. The zero-order chi connectivity index (χ0) is 27.4. The van der Waals surface area contributed by atoms with E-state index in [-0.39, 0.29) is 5.41 Å². The van der Waals surface area contributed by atoms with Crippen LogP contribution in [-0.4, -0.2) is 6.54 Å². The summed E-state index contributed by atoms with van der Waals surface area (Å²) in [6.45, 7) is 18.1. The van der Waals surface area contributed by atoms with Gasteiger partial charge in [0.1, 0.15) is 0 Å². The number of rotatable bonds is 8. The molecule has 0 spiro atoms. The van der Waals surface area contributed by atoms with Gasteiger partial charge in [0, 0.05) is 24.0 Å². The molecule has 2 N–H and O–H groups in total. The number of aryl methyl sites for hydroxylation is 1. The van der Waals surface area contributed by atoms with Crippen LogP contribution in [0.15, 0.2) is 91.0 Å². The van der Waals surface area contributed by atoms with Crippen molar-refractivity contribution in [2.75, 3.05) is 17.2 Å². The Hall–Kier alpha value is -3.44. The van der Waals surface area contributed by atoms with E-state index in [2.05, 4.69) is 125 Å². The minimum atomic E-state index is 0.255. The van der Waals surface area contributed by atoms with Crippen molar-refractivity contribution in [3.8, 4) is 12.8 Å². The molecule has 3 rings (SSSR count). The molecule has 0 radical (unpaired) electrons. The molecule has 0 aliphatic heterocycles. The molecular formula is C34H48N2. The molecule has 2 heteroatoms. The molecule has 2 nitrogen and oxygen atoms in total. The first-order valence-corrected chi connectivity index (χ1v) is 13.0. The van der Waals surface area contributed by atoms with Crippen molar-refractivity contribution >= 4 is 11.4 Å². The van der Waals surface area contributed by atoms with Crippen molar-refractivity contribution in [2.24, 2.45) is 0 Å². The molecule has 0 aromatic heterocycles. The van der Waals surface area contributed by atoms with Gasteiger partial charge in [-0.25, -0.2) is 0 Å². The molecule has 0 heterocycles. The number of terminal acetylenes is 1. The van der Waals surface area contributed by atoms with E-state index in [4.69, 9.17) is 0 Å². The van der Waals surface area contributed by atoms with Gasteiger partial charge in [0.25, 0.3) is 0 Å². The average Bonchev–Trinajstić information content (AvgIpc) is 2.93. The summed E-state index contributed by atoms with van der Waals surface area (Å²) in [5, 5.41) is 6.86. The van der Waals surface area contributed by atoms with Crippen LogP contribution in [0.1, 0.15) is 77.6 Å². The molecule has 3 aromatic rings. The second-order valence-electron chi connectivity index (χ2n) is 8.86. The summed E-state index contributed by atoms with van der Waals surface area (Å²) >= 11 is 0. The van der Waals surface area contributed by atoms with Crippen molar-refractivity contribution in [1.29, 1.82) is 0 Å². The predicted octanol–water partition coefficient (Wildman–Crippen LogP) is 9.81. The molecule has 3 aromatic carbocycles. The third-order valence-electron chi connectivity index (χ3n) is 6.03. The van der Waals surface area contributed by atoms with Gasteiger partial charge in [-0.3, -0.25) is 0 Å². The minimum absolute atomic E-state index is 0.255. The van der Waals surface area contributed by atoms with Crippen LogP contribution in [0.3, 0.4) is 0 Å². The van der Waals surface area contributed by atoms with Crippen LogP contribution in [0.4, 0.5) is 11.4 Å². The fourth-order valence-corrected chi connectivity index (χ4v) is 3.33. The third-order valence-corrected chi connectivity index (χ3v) is 6.03. The van der Waals surface area contributed by atoms with Gasteiger partial charge in [0.05, 0.1) is 0 Å². The SMILES string of the molecule is C#C.C/C=C\CNc1ccccc1.CC.CCC(C)(C)c1ccc(C(C)Nc2ccccc2C)cc1. The molecule has 194 valence electrons. The average molecular weight is 485 g/mol. The lowest BCUT2D eigenvalue weighted by Crippen LogP contribution is -2.15. The second-order valence-corrected chi connectivity index (χ2v) is 8.86. The van der Waals surface area contributed by atoms with Crippen LogP contribution in [0.25, 0.3) is 0 Å². The molecule has 0 bridgehead atoms. The summed E-state index contributed by atoms with van der Waals surface area (Å²) in [4.78, 5) is 0. The molecular weight excluding hydrogens is 436 g/mol. The minimum Gasteiger partial charge on any atom is -0.382 e. The maximum atomic E-state index is 4.00. The molecule has 0 saturated heterocycles. The zero-order valence-corrected chi connectivity index (χ0v) is 23.8. The normalized spacial score (nSPS) is 10.9. The van der Waals surface area contributed by atoms with E-state index in [1.165, 1.54) is 28.1 Å².